The molecule has 1 unspecified atom stereocenters. The molecule has 4 rings (SSSR count). The molecule has 12 heteroatoms. The topological polar surface area (TPSA) is 165 Å². The maximum atomic E-state index is 13.7. The molecule has 4 amide bonds. The molecule has 3 fully saturated rings. The molecule has 0 bridgehead atoms. The lowest BCUT2D eigenvalue weighted by atomic mass is 9.81. The number of hydrogen-bond donors (Lipinski definition) is 5. The molecule has 1 spiro atoms. The summed E-state index contributed by atoms with van der Waals surface area (Å²) in [6.07, 6.45) is 4.55. The Labute approximate surface area is 244 Å². The van der Waals surface area contributed by atoms with Crippen LogP contribution in [0.1, 0.15) is 69.8 Å². The summed E-state index contributed by atoms with van der Waals surface area (Å²) >= 11 is 1.46. The van der Waals surface area contributed by atoms with Gasteiger partial charge in [-0.15, -0.1) is 0 Å². The predicted molar refractivity (Wildman–Crippen MR) is 153 cm³/mol. The Balaban J connectivity index is 1.50. The quantitative estimate of drug-likeness (QED) is 0.355. The van der Waals surface area contributed by atoms with Crippen molar-refractivity contribution in [3.8, 4) is 5.75 Å². The highest BCUT2D eigenvalue weighted by Crippen LogP contribution is 2.41. The highest BCUT2D eigenvalue weighted by molar-refractivity contribution is 7.99. The van der Waals surface area contributed by atoms with Crippen molar-refractivity contribution in [1.82, 2.24) is 20.9 Å². The maximum absolute atomic E-state index is 13.7. The fourth-order valence-corrected chi connectivity index (χ4v) is 7.34. The fraction of sp³-hybridized carbons (Fsp3) is 0.621. The zero-order valence-electron chi connectivity index (χ0n) is 23.4. The average Bonchev–Trinajstić information content (AvgIpc) is 3.60. The van der Waals surface area contributed by atoms with Crippen LogP contribution in [-0.2, 0) is 24.0 Å². The first-order valence-corrected chi connectivity index (χ1v) is 15.5. The van der Waals surface area contributed by atoms with Crippen LogP contribution in [0.5, 0.6) is 5.75 Å². The first-order chi connectivity index (χ1) is 19.6. The number of amides is 4. The van der Waals surface area contributed by atoms with Gasteiger partial charge in [0.05, 0.1) is 5.41 Å². The molecule has 2 heterocycles. The number of carboxylic acid groups (broad SMARTS) is 1. The SMILES string of the molecule is CC(=O)N1CC[C@H](c2ccc(O)cc2)[C@H]1C(=O)NC1CCSCC[C@@H](C(=O)O)NC(=O)C2(CCCC2)CCNC1=O. The van der Waals surface area contributed by atoms with Crippen LogP contribution in [0.2, 0.25) is 0 Å². The predicted octanol–water partition coefficient (Wildman–Crippen LogP) is 1.74. The number of phenols is 1. The summed E-state index contributed by atoms with van der Waals surface area (Å²) in [5.74, 6) is -1.55. The van der Waals surface area contributed by atoms with Gasteiger partial charge in [-0.25, -0.2) is 4.79 Å². The fourth-order valence-electron chi connectivity index (χ4n) is 6.33. The smallest absolute Gasteiger partial charge is 0.326 e. The molecule has 1 aliphatic carbocycles. The molecular weight excluding hydrogens is 548 g/mol. The Kier molecular flexibility index (Phi) is 10.2. The summed E-state index contributed by atoms with van der Waals surface area (Å²) in [6.45, 7) is 2.05. The van der Waals surface area contributed by atoms with Crippen LogP contribution >= 0.6 is 11.8 Å². The third kappa shape index (κ3) is 7.33. The number of benzene rings is 1. The molecule has 1 saturated carbocycles. The summed E-state index contributed by atoms with van der Waals surface area (Å²) in [5, 5.41) is 27.9. The molecule has 224 valence electrons. The summed E-state index contributed by atoms with van der Waals surface area (Å²) in [6, 6.07) is 3.97. The van der Waals surface area contributed by atoms with Crippen molar-refractivity contribution in [1.29, 1.82) is 0 Å². The van der Waals surface area contributed by atoms with Gasteiger partial charge in [0.15, 0.2) is 0 Å². The van der Waals surface area contributed by atoms with Gasteiger partial charge in [0.2, 0.25) is 23.6 Å². The molecule has 4 atom stereocenters. The zero-order valence-corrected chi connectivity index (χ0v) is 24.2. The highest BCUT2D eigenvalue weighted by atomic mass is 32.2. The Morgan fingerprint density at radius 3 is 2.37 bits per heavy atom. The molecule has 0 radical (unpaired) electrons. The number of carboxylic acids is 1. The van der Waals surface area contributed by atoms with Crippen molar-refractivity contribution in [2.75, 3.05) is 24.6 Å². The molecular formula is C29H40N4O7S. The highest BCUT2D eigenvalue weighted by Gasteiger charge is 2.44. The molecule has 3 aliphatic rings. The van der Waals surface area contributed by atoms with Gasteiger partial charge in [-0.1, -0.05) is 25.0 Å². The third-order valence-corrected chi connectivity index (χ3v) is 9.72. The van der Waals surface area contributed by atoms with Gasteiger partial charge in [0.1, 0.15) is 23.9 Å². The van der Waals surface area contributed by atoms with E-state index in [4.69, 9.17) is 0 Å². The van der Waals surface area contributed by atoms with Crippen LogP contribution < -0.4 is 16.0 Å². The van der Waals surface area contributed by atoms with Gasteiger partial charge in [0, 0.05) is 25.9 Å². The van der Waals surface area contributed by atoms with Gasteiger partial charge >= 0.3 is 5.97 Å². The van der Waals surface area contributed by atoms with E-state index in [2.05, 4.69) is 16.0 Å². The first kappa shape index (κ1) is 30.7. The van der Waals surface area contributed by atoms with E-state index >= 15 is 0 Å². The van der Waals surface area contributed by atoms with Gasteiger partial charge in [-0.05, 0) is 67.7 Å². The minimum absolute atomic E-state index is 0.108. The molecule has 0 aromatic heterocycles. The lowest BCUT2D eigenvalue weighted by Gasteiger charge is -2.31. The summed E-state index contributed by atoms with van der Waals surface area (Å²) < 4.78 is 0. The summed E-state index contributed by atoms with van der Waals surface area (Å²) in [7, 11) is 0. The second-order valence-corrected chi connectivity index (χ2v) is 12.5. The van der Waals surface area contributed by atoms with Crippen LogP contribution in [0.4, 0.5) is 0 Å². The van der Waals surface area contributed by atoms with Crippen LogP contribution in [-0.4, -0.2) is 87.4 Å². The lowest BCUT2D eigenvalue weighted by Crippen LogP contribution is -2.54. The molecule has 1 aromatic rings. The van der Waals surface area contributed by atoms with Crippen molar-refractivity contribution < 1.29 is 34.2 Å². The Morgan fingerprint density at radius 1 is 1.02 bits per heavy atom. The first-order valence-electron chi connectivity index (χ1n) is 14.4. The zero-order chi connectivity index (χ0) is 29.6. The molecule has 2 saturated heterocycles. The van der Waals surface area contributed by atoms with Crippen LogP contribution in [0.3, 0.4) is 0 Å². The second kappa shape index (κ2) is 13.6. The van der Waals surface area contributed by atoms with Crippen molar-refractivity contribution in [3.63, 3.8) is 0 Å². The Bertz CT molecular complexity index is 1140. The number of carbonyl (C=O) groups excluding carboxylic acids is 4. The summed E-state index contributed by atoms with van der Waals surface area (Å²) in [4.78, 5) is 66.1. The number of likely N-dealkylation sites (tertiary alicyclic amines) is 1. The number of hydrogen-bond acceptors (Lipinski definition) is 7. The number of aliphatic carboxylic acids is 1. The number of nitrogens with one attached hydrogen (secondary N) is 3. The van der Waals surface area contributed by atoms with E-state index in [-0.39, 0.29) is 42.4 Å². The van der Waals surface area contributed by atoms with E-state index in [9.17, 15) is 34.2 Å². The second-order valence-electron chi connectivity index (χ2n) is 11.3. The minimum Gasteiger partial charge on any atom is -0.508 e. The number of aromatic hydroxyl groups is 1. The maximum Gasteiger partial charge on any atom is 0.326 e. The molecule has 2 aliphatic heterocycles. The number of thioether (sulfide) groups is 1. The Hall–Kier alpha value is -3.28. The molecule has 11 nitrogen and oxygen atoms in total. The molecule has 41 heavy (non-hydrogen) atoms. The largest absolute Gasteiger partial charge is 0.508 e. The number of rotatable bonds is 4. The van der Waals surface area contributed by atoms with Crippen LogP contribution in [0.25, 0.3) is 0 Å². The molecule has 1 aromatic carbocycles. The summed E-state index contributed by atoms with van der Waals surface area (Å²) in [5.41, 5.74) is 0.103. The number of nitrogens with zero attached hydrogens (tertiary/aromatic N) is 1. The van der Waals surface area contributed by atoms with Gasteiger partial charge in [-0.2, -0.15) is 11.8 Å². The Morgan fingerprint density at radius 2 is 1.71 bits per heavy atom. The monoisotopic (exact) mass is 588 g/mol. The van der Waals surface area contributed by atoms with Crippen molar-refractivity contribution >= 4 is 41.4 Å². The number of phenolic OH excluding ortho intramolecular Hbond substituents is 1. The number of carbonyl (C=O) groups is 5. The molecule has 5 N–H and O–H groups in total. The van der Waals surface area contributed by atoms with Gasteiger partial charge in [-0.3, -0.25) is 19.2 Å². The van der Waals surface area contributed by atoms with E-state index in [0.717, 1.165) is 18.4 Å². The van der Waals surface area contributed by atoms with Crippen molar-refractivity contribution in [2.24, 2.45) is 5.41 Å². The van der Waals surface area contributed by atoms with E-state index in [0.29, 0.717) is 50.2 Å². The standard InChI is InChI=1S/C29H40N4O7S/c1-18(34)33-15-8-21(19-4-6-20(35)7-5-19)24(33)26(37)31-22-9-16-41-17-10-23(27(38)39)32-28(40)29(11-2-3-12-29)13-14-30-25(22)36/h4-7,21-24,35H,2-3,8-17H2,1H3,(H,30,36)(H,31,37)(H,32,40)(H,38,39)/t21-,22?,23+,24+/m1/s1. The van der Waals surface area contributed by atoms with Crippen LogP contribution in [0.15, 0.2) is 24.3 Å². The normalized spacial score (nSPS) is 27.5. The van der Waals surface area contributed by atoms with E-state index < -0.39 is 35.4 Å². The van der Waals surface area contributed by atoms with Crippen molar-refractivity contribution in [2.45, 2.75) is 82.3 Å². The van der Waals surface area contributed by atoms with E-state index in [1.165, 1.54) is 23.6 Å². The van der Waals surface area contributed by atoms with Gasteiger partial charge in [0.25, 0.3) is 0 Å². The van der Waals surface area contributed by atoms with Crippen LogP contribution in [0, 0.1) is 5.41 Å². The third-order valence-electron chi connectivity index (χ3n) is 8.68. The van der Waals surface area contributed by atoms with E-state index in [1.807, 2.05) is 0 Å². The average molecular weight is 589 g/mol. The van der Waals surface area contributed by atoms with E-state index in [1.54, 1.807) is 24.3 Å². The lowest BCUT2D eigenvalue weighted by molar-refractivity contribution is -0.144. The van der Waals surface area contributed by atoms with Crippen molar-refractivity contribution in [3.05, 3.63) is 29.8 Å². The minimum atomic E-state index is -1.06. The van der Waals surface area contributed by atoms with Gasteiger partial charge < -0.3 is 31.1 Å².